The van der Waals surface area contributed by atoms with E-state index < -0.39 is 10.0 Å². The minimum absolute atomic E-state index is 0.0880. The lowest BCUT2D eigenvalue weighted by Gasteiger charge is -2.11. The first-order chi connectivity index (χ1) is 15.9. The SMILES string of the molecule is CN(C)S(=O)(=O)c1ccc(-c2nn(-c3ccccc3)cc2C=NNc2ocnc2C#N)cc1. The van der Waals surface area contributed by atoms with E-state index >= 15 is 0 Å². The van der Waals surface area contributed by atoms with Gasteiger partial charge in [0.05, 0.1) is 16.8 Å². The molecule has 4 aromatic rings. The van der Waals surface area contributed by atoms with Crippen LogP contribution in [0.4, 0.5) is 5.88 Å². The van der Waals surface area contributed by atoms with Gasteiger partial charge in [-0.05, 0) is 24.3 Å². The lowest BCUT2D eigenvalue weighted by Crippen LogP contribution is -2.22. The van der Waals surface area contributed by atoms with Crippen molar-refractivity contribution in [2.75, 3.05) is 19.5 Å². The maximum atomic E-state index is 12.4. The molecule has 0 unspecified atom stereocenters. The molecule has 11 heteroatoms. The fourth-order valence-corrected chi connectivity index (χ4v) is 3.88. The molecule has 0 spiro atoms. The third kappa shape index (κ3) is 4.52. The van der Waals surface area contributed by atoms with E-state index in [1.807, 2.05) is 36.4 Å². The molecule has 0 saturated heterocycles. The van der Waals surface area contributed by atoms with Crippen molar-refractivity contribution in [3.05, 3.63) is 78.4 Å². The molecule has 0 fully saturated rings. The van der Waals surface area contributed by atoms with Gasteiger partial charge in [0.15, 0.2) is 6.39 Å². The maximum Gasteiger partial charge on any atom is 0.251 e. The van der Waals surface area contributed by atoms with Gasteiger partial charge in [-0.1, -0.05) is 30.3 Å². The summed E-state index contributed by atoms with van der Waals surface area (Å²) >= 11 is 0. The number of para-hydroxylation sites is 1. The van der Waals surface area contributed by atoms with Crippen LogP contribution in [0.25, 0.3) is 16.9 Å². The van der Waals surface area contributed by atoms with Crippen molar-refractivity contribution in [1.82, 2.24) is 19.1 Å². The van der Waals surface area contributed by atoms with E-state index in [-0.39, 0.29) is 16.5 Å². The van der Waals surface area contributed by atoms with Crippen molar-refractivity contribution >= 4 is 22.1 Å². The van der Waals surface area contributed by atoms with Gasteiger partial charge in [0.25, 0.3) is 5.88 Å². The molecule has 2 heterocycles. The third-order valence-corrected chi connectivity index (χ3v) is 6.54. The number of aromatic nitrogens is 3. The minimum atomic E-state index is -3.54. The number of sulfonamides is 1. The number of hydrazone groups is 1. The average Bonchev–Trinajstić information content (AvgIpc) is 3.46. The van der Waals surface area contributed by atoms with E-state index in [2.05, 4.69) is 20.6 Å². The Hall–Kier alpha value is -4.27. The van der Waals surface area contributed by atoms with Crippen molar-refractivity contribution < 1.29 is 12.8 Å². The molecule has 0 amide bonds. The summed E-state index contributed by atoms with van der Waals surface area (Å²) in [5.74, 6) is 0.129. The molecule has 0 atom stereocenters. The number of hydrogen-bond acceptors (Lipinski definition) is 8. The smallest absolute Gasteiger partial charge is 0.251 e. The van der Waals surface area contributed by atoms with E-state index in [1.54, 1.807) is 35.1 Å². The highest BCUT2D eigenvalue weighted by Gasteiger charge is 2.18. The third-order valence-electron chi connectivity index (χ3n) is 4.71. The Morgan fingerprint density at radius 3 is 2.55 bits per heavy atom. The Bertz CT molecular complexity index is 1430. The molecular weight excluding hydrogens is 442 g/mol. The Balaban J connectivity index is 1.71. The fraction of sp³-hybridized carbons (Fsp3) is 0.0909. The van der Waals surface area contributed by atoms with Gasteiger partial charge in [0, 0.05) is 31.4 Å². The molecule has 2 aromatic heterocycles. The topological polar surface area (TPSA) is 129 Å². The first kappa shape index (κ1) is 21.9. The highest BCUT2D eigenvalue weighted by atomic mass is 32.2. The van der Waals surface area contributed by atoms with Crippen molar-refractivity contribution in [3.63, 3.8) is 0 Å². The van der Waals surface area contributed by atoms with Gasteiger partial charge < -0.3 is 4.42 Å². The van der Waals surface area contributed by atoms with Crippen LogP contribution in [0.1, 0.15) is 11.3 Å². The van der Waals surface area contributed by atoms with Crippen LogP contribution in [-0.4, -0.2) is 47.8 Å². The Morgan fingerprint density at radius 2 is 1.88 bits per heavy atom. The number of oxazole rings is 1. The van der Waals surface area contributed by atoms with Gasteiger partial charge in [-0.3, -0.25) is 0 Å². The second kappa shape index (κ2) is 9.07. The first-order valence-electron chi connectivity index (χ1n) is 9.71. The molecule has 0 aliphatic heterocycles. The summed E-state index contributed by atoms with van der Waals surface area (Å²) in [7, 11) is -0.572. The van der Waals surface area contributed by atoms with Crippen LogP contribution < -0.4 is 5.43 Å². The second-order valence-electron chi connectivity index (χ2n) is 7.04. The monoisotopic (exact) mass is 461 g/mol. The molecule has 0 aliphatic rings. The van der Waals surface area contributed by atoms with Crippen LogP contribution >= 0.6 is 0 Å². The summed E-state index contributed by atoms with van der Waals surface area (Å²) in [4.78, 5) is 3.96. The number of nitrogens with one attached hydrogen (secondary N) is 1. The van der Waals surface area contributed by atoms with Gasteiger partial charge in [-0.15, -0.1) is 0 Å². The molecule has 0 aliphatic carbocycles. The average molecular weight is 462 g/mol. The Kier molecular flexibility index (Phi) is 6.03. The van der Waals surface area contributed by atoms with Gasteiger partial charge >= 0.3 is 0 Å². The first-order valence-corrected chi connectivity index (χ1v) is 11.1. The molecule has 166 valence electrons. The molecule has 4 rings (SSSR count). The maximum absolute atomic E-state index is 12.4. The van der Waals surface area contributed by atoms with Gasteiger partial charge in [0.1, 0.15) is 11.8 Å². The summed E-state index contributed by atoms with van der Waals surface area (Å²) < 4.78 is 32.7. The minimum Gasteiger partial charge on any atom is -0.425 e. The molecule has 10 nitrogen and oxygen atoms in total. The predicted octanol–water partition coefficient (Wildman–Crippen LogP) is 3.10. The lowest BCUT2D eigenvalue weighted by atomic mass is 10.1. The van der Waals surface area contributed by atoms with E-state index in [9.17, 15) is 8.42 Å². The van der Waals surface area contributed by atoms with E-state index in [4.69, 9.17) is 9.68 Å². The van der Waals surface area contributed by atoms with Gasteiger partial charge in [-0.25, -0.2) is 27.8 Å². The summed E-state index contributed by atoms with van der Waals surface area (Å²) in [5.41, 5.74) is 5.56. The zero-order valence-corrected chi connectivity index (χ0v) is 18.6. The normalized spacial score (nSPS) is 11.7. The predicted molar refractivity (Wildman–Crippen MR) is 122 cm³/mol. The number of benzene rings is 2. The lowest BCUT2D eigenvalue weighted by molar-refractivity contribution is 0.521. The number of anilines is 1. The summed E-state index contributed by atoms with van der Waals surface area (Å²) in [6, 6.07) is 17.9. The van der Waals surface area contributed by atoms with Crippen molar-refractivity contribution in [1.29, 1.82) is 5.26 Å². The second-order valence-corrected chi connectivity index (χ2v) is 9.19. The standard InChI is InChI=1S/C22H19N7O3S/c1-28(2)33(30,31)19-10-8-16(9-11-19)21-17(13-25-26-22-20(12-23)24-15-32-22)14-29(27-21)18-6-4-3-5-7-18/h3-11,13-15,26H,1-2H3. The molecular formula is C22H19N7O3S. The molecule has 0 saturated carbocycles. The van der Waals surface area contributed by atoms with E-state index in [0.717, 1.165) is 16.4 Å². The van der Waals surface area contributed by atoms with Crippen molar-refractivity contribution in [2.45, 2.75) is 4.90 Å². The van der Waals surface area contributed by atoms with Crippen LogP contribution in [0.2, 0.25) is 0 Å². The van der Waals surface area contributed by atoms with E-state index in [1.165, 1.54) is 20.3 Å². The Labute approximate surface area is 190 Å². The number of hydrogen-bond donors (Lipinski definition) is 1. The highest BCUT2D eigenvalue weighted by molar-refractivity contribution is 7.89. The zero-order chi connectivity index (χ0) is 23.4. The molecule has 0 radical (unpaired) electrons. The van der Waals surface area contributed by atoms with Crippen LogP contribution in [0, 0.1) is 11.3 Å². The van der Waals surface area contributed by atoms with Crippen molar-refractivity contribution in [3.8, 4) is 23.0 Å². The highest BCUT2D eigenvalue weighted by Crippen LogP contribution is 2.25. The number of nitriles is 1. The van der Waals surface area contributed by atoms with Crippen molar-refractivity contribution in [2.24, 2.45) is 5.10 Å². The Morgan fingerprint density at radius 1 is 1.15 bits per heavy atom. The number of rotatable bonds is 7. The van der Waals surface area contributed by atoms with Crippen LogP contribution in [-0.2, 0) is 10.0 Å². The van der Waals surface area contributed by atoms with Gasteiger partial charge in [0.2, 0.25) is 15.7 Å². The van der Waals surface area contributed by atoms with Crippen LogP contribution in [0.3, 0.4) is 0 Å². The molecule has 2 aromatic carbocycles. The number of nitrogens with zero attached hydrogens (tertiary/aromatic N) is 6. The van der Waals surface area contributed by atoms with Crippen LogP contribution in [0.5, 0.6) is 0 Å². The summed E-state index contributed by atoms with van der Waals surface area (Å²) in [6.07, 6.45) is 4.49. The largest absolute Gasteiger partial charge is 0.425 e. The zero-order valence-electron chi connectivity index (χ0n) is 17.7. The molecule has 1 N–H and O–H groups in total. The summed E-state index contributed by atoms with van der Waals surface area (Å²) in [6.45, 7) is 0. The molecule has 0 bridgehead atoms. The van der Waals surface area contributed by atoms with Gasteiger partial charge in [-0.2, -0.15) is 15.5 Å². The van der Waals surface area contributed by atoms with E-state index in [0.29, 0.717) is 16.8 Å². The van der Waals surface area contributed by atoms with Crippen LogP contribution in [0.15, 0.2) is 81.6 Å². The quantitative estimate of drug-likeness (QED) is 0.331. The molecule has 33 heavy (non-hydrogen) atoms. The fourth-order valence-electron chi connectivity index (χ4n) is 2.98. The summed E-state index contributed by atoms with van der Waals surface area (Å²) in [5, 5.41) is 17.9.